The maximum Gasteiger partial charge on any atom is 0.273 e. The molecule has 3 saturated heterocycles. The van der Waals surface area contributed by atoms with E-state index in [0.29, 0.717) is 34.6 Å². The number of aromatic amines is 2. The third-order valence-corrected chi connectivity index (χ3v) is 8.54. The highest BCUT2D eigenvalue weighted by Crippen LogP contribution is 2.59. The van der Waals surface area contributed by atoms with Gasteiger partial charge in [-0.2, -0.15) is 5.10 Å². The molecule has 2 aliphatic carbocycles. The van der Waals surface area contributed by atoms with Crippen LogP contribution in [0.25, 0.3) is 22.7 Å². The number of aromatic nitrogens is 5. The average Bonchev–Trinajstić information content (AvgIpc) is 3.16. The highest BCUT2D eigenvalue weighted by atomic mass is 16.5. The summed E-state index contributed by atoms with van der Waals surface area (Å²) in [6, 6.07) is 2.13. The summed E-state index contributed by atoms with van der Waals surface area (Å²) in [5.41, 5.74) is 6.46. The Labute approximate surface area is 197 Å². The van der Waals surface area contributed by atoms with E-state index in [9.17, 15) is 4.79 Å². The summed E-state index contributed by atoms with van der Waals surface area (Å²) in [5, 5.41) is 7.83. The monoisotopic (exact) mass is 459 g/mol. The molecule has 176 valence electrons. The van der Waals surface area contributed by atoms with E-state index in [0.717, 1.165) is 49.7 Å². The quantitative estimate of drug-likeness (QED) is 0.582. The van der Waals surface area contributed by atoms with Gasteiger partial charge in [0.15, 0.2) is 11.5 Å². The van der Waals surface area contributed by atoms with Crippen LogP contribution in [0.1, 0.15) is 37.4 Å². The first-order valence-electron chi connectivity index (χ1n) is 12.2. The fourth-order valence-corrected chi connectivity index (χ4v) is 6.15. The standard InChI is InChI=1S/C25H29N7O2/c1-13(32-11-17-5-4-15(32)12-34-17)24(33)31(3)16-7-19-22(26-10-16)28-23(27-19)21-18-6-14-8-25(14,2)9-20(18)29-30-21/h7,10,14-15,17H,1,4-6,8-9,11-12H2,2-3H3,(H,29,30)(H,26,27,28)/t14-,15-,17-,25-/m1/s1. The van der Waals surface area contributed by atoms with E-state index < -0.39 is 0 Å². The summed E-state index contributed by atoms with van der Waals surface area (Å²) in [7, 11) is 1.76. The number of carbonyl (C=O) groups is 1. The smallest absolute Gasteiger partial charge is 0.273 e. The van der Waals surface area contributed by atoms with E-state index in [1.807, 2.05) is 6.07 Å². The molecule has 0 spiro atoms. The van der Waals surface area contributed by atoms with Crippen LogP contribution in [0, 0.1) is 11.3 Å². The Morgan fingerprint density at radius 2 is 2.26 bits per heavy atom. The van der Waals surface area contributed by atoms with Gasteiger partial charge in [-0.1, -0.05) is 13.5 Å². The molecule has 8 rings (SSSR count). The molecule has 2 N–H and O–H groups in total. The Bertz CT molecular complexity index is 1330. The molecule has 0 aromatic carbocycles. The van der Waals surface area contributed by atoms with Gasteiger partial charge in [-0.3, -0.25) is 9.89 Å². The lowest BCUT2D eigenvalue weighted by atomic mass is 9.88. The van der Waals surface area contributed by atoms with Gasteiger partial charge in [-0.05, 0) is 49.5 Å². The van der Waals surface area contributed by atoms with Crippen molar-refractivity contribution in [3.05, 3.63) is 35.8 Å². The maximum absolute atomic E-state index is 13.2. The molecule has 0 unspecified atom stereocenters. The summed E-state index contributed by atoms with van der Waals surface area (Å²) in [6.45, 7) is 7.89. The van der Waals surface area contributed by atoms with E-state index in [-0.39, 0.29) is 18.1 Å². The van der Waals surface area contributed by atoms with Gasteiger partial charge >= 0.3 is 0 Å². The number of fused-ring (bicyclic) bond motifs is 6. The molecule has 0 radical (unpaired) electrons. The number of hydrogen-bond acceptors (Lipinski definition) is 6. The van der Waals surface area contributed by atoms with Crippen LogP contribution in [-0.4, -0.2) is 68.3 Å². The first-order valence-corrected chi connectivity index (χ1v) is 12.2. The van der Waals surface area contributed by atoms with Gasteiger partial charge in [-0.25, -0.2) is 9.97 Å². The van der Waals surface area contributed by atoms with Crippen molar-refractivity contribution in [2.24, 2.45) is 11.3 Å². The molecular weight excluding hydrogens is 430 g/mol. The Hall–Kier alpha value is -3.20. The minimum atomic E-state index is -0.127. The van der Waals surface area contributed by atoms with E-state index in [2.05, 4.69) is 38.6 Å². The van der Waals surface area contributed by atoms with E-state index in [4.69, 9.17) is 9.72 Å². The van der Waals surface area contributed by atoms with Gasteiger partial charge in [0.1, 0.15) is 11.2 Å². The van der Waals surface area contributed by atoms with Gasteiger partial charge in [0, 0.05) is 24.8 Å². The maximum atomic E-state index is 13.2. The van der Waals surface area contributed by atoms with Crippen molar-refractivity contribution in [3.63, 3.8) is 0 Å². The summed E-state index contributed by atoms with van der Waals surface area (Å²) in [6.07, 6.45) is 7.40. The van der Waals surface area contributed by atoms with Crippen LogP contribution in [0.5, 0.6) is 0 Å². The van der Waals surface area contributed by atoms with Crippen molar-refractivity contribution in [1.29, 1.82) is 0 Å². The molecule has 3 aromatic heterocycles. The Kier molecular flexibility index (Phi) is 4.11. The zero-order valence-corrected chi connectivity index (χ0v) is 19.6. The first kappa shape index (κ1) is 20.2. The number of rotatable bonds is 4. The van der Waals surface area contributed by atoms with Gasteiger partial charge in [0.25, 0.3) is 5.91 Å². The van der Waals surface area contributed by atoms with Crippen molar-refractivity contribution >= 4 is 22.8 Å². The molecule has 4 atom stereocenters. The van der Waals surface area contributed by atoms with Gasteiger partial charge in [-0.15, -0.1) is 0 Å². The van der Waals surface area contributed by atoms with Gasteiger partial charge in [0.2, 0.25) is 0 Å². The lowest BCUT2D eigenvalue weighted by Gasteiger charge is -2.46. The highest BCUT2D eigenvalue weighted by molar-refractivity contribution is 6.05. The normalized spacial score (nSPS) is 29.1. The molecule has 1 saturated carbocycles. The van der Waals surface area contributed by atoms with Crippen LogP contribution >= 0.6 is 0 Å². The number of anilines is 1. The number of nitrogens with zero attached hydrogens (tertiary/aromatic N) is 5. The van der Waals surface area contributed by atoms with Crippen LogP contribution in [0.15, 0.2) is 24.5 Å². The topological polar surface area (TPSA) is 103 Å². The largest absolute Gasteiger partial charge is 0.374 e. The van der Waals surface area contributed by atoms with E-state index in [1.54, 1.807) is 18.1 Å². The molecule has 1 amide bonds. The number of imidazole rings is 1. The fraction of sp³-hybridized carbons (Fsp3) is 0.520. The molecule has 3 aromatic rings. The summed E-state index contributed by atoms with van der Waals surface area (Å²) in [5.74, 6) is 1.35. The number of pyridine rings is 1. The lowest BCUT2D eigenvalue weighted by molar-refractivity contribution is -0.123. The second-order valence-electron chi connectivity index (χ2n) is 10.8. The number of amides is 1. The molecule has 9 nitrogen and oxygen atoms in total. The van der Waals surface area contributed by atoms with Crippen molar-refractivity contribution in [2.75, 3.05) is 25.1 Å². The van der Waals surface area contributed by atoms with Crippen LogP contribution in [0.2, 0.25) is 0 Å². The van der Waals surface area contributed by atoms with Crippen molar-refractivity contribution < 1.29 is 9.53 Å². The van der Waals surface area contributed by atoms with Crippen LogP contribution in [-0.2, 0) is 22.4 Å². The number of nitrogens with one attached hydrogen (secondary N) is 2. The summed E-state index contributed by atoms with van der Waals surface area (Å²) in [4.78, 5) is 29.6. The third kappa shape index (κ3) is 2.95. The number of morpholine rings is 1. The number of H-pyrrole nitrogens is 2. The van der Waals surface area contributed by atoms with Crippen molar-refractivity contribution in [3.8, 4) is 11.5 Å². The zero-order valence-electron chi connectivity index (χ0n) is 19.6. The Morgan fingerprint density at radius 1 is 1.38 bits per heavy atom. The second-order valence-corrected chi connectivity index (χ2v) is 10.8. The molecule has 2 bridgehead atoms. The van der Waals surface area contributed by atoms with Crippen molar-refractivity contribution in [1.82, 2.24) is 30.0 Å². The zero-order chi connectivity index (χ0) is 23.2. The van der Waals surface area contributed by atoms with Crippen molar-refractivity contribution in [2.45, 2.75) is 51.2 Å². The highest BCUT2D eigenvalue weighted by Gasteiger charge is 2.53. The SMILES string of the molecule is C=C(C(=O)N(C)c1cnc2[nH]c(-c3n[nH]c4c3C[C@@H]3C[C@]3(C)C4)nc2c1)N1C[C@H]2CC[C@@H]1CO2. The number of carbonyl (C=O) groups excluding carboxylic acids is 1. The fourth-order valence-electron chi connectivity index (χ4n) is 6.15. The predicted molar refractivity (Wildman–Crippen MR) is 127 cm³/mol. The van der Waals surface area contributed by atoms with E-state index in [1.165, 1.54) is 17.7 Å². The van der Waals surface area contributed by atoms with Crippen LogP contribution in [0.4, 0.5) is 5.69 Å². The summed E-state index contributed by atoms with van der Waals surface area (Å²) < 4.78 is 5.77. The molecule has 34 heavy (non-hydrogen) atoms. The third-order valence-electron chi connectivity index (χ3n) is 8.54. The van der Waals surface area contributed by atoms with Crippen LogP contribution < -0.4 is 4.90 Å². The van der Waals surface area contributed by atoms with Gasteiger partial charge in [0.05, 0.1) is 36.3 Å². The summed E-state index contributed by atoms with van der Waals surface area (Å²) >= 11 is 0. The van der Waals surface area contributed by atoms with Crippen LogP contribution in [0.3, 0.4) is 0 Å². The minimum absolute atomic E-state index is 0.127. The molecule has 3 aliphatic heterocycles. The van der Waals surface area contributed by atoms with E-state index >= 15 is 0 Å². The molecular formula is C25H29N7O2. The Morgan fingerprint density at radius 3 is 3.03 bits per heavy atom. The lowest BCUT2D eigenvalue weighted by Crippen LogP contribution is -2.55. The molecule has 6 heterocycles. The second kappa shape index (κ2) is 6.91. The number of ether oxygens (including phenoxy) is 1. The molecule has 5 aliphatic rings. The predicted octanol–water partition coefficient (Wildman–Crippen LogP) is 2.81. The number of piperidine rings is 1. The molecule has 4 fully saturated rings. The average molecular weight is 460 g/mol. The number of likely N-dealkylation sites (N-methyl/N-ethyl adjacent to an activating group) is 1. The van der Waals surface area contributed by atoms with Gasteiger partial charge < -0.3 is 19.5 Å². The Balaban J connectivity index is 1.14. The first-order chi connectivity index (χ1) is 16.4. The molecule has 9 heteroatoms. The minimum Gasteiger partial charge on any atom is -0.374 e. The number of hydrogen-bond donors (Lipinski definition) is 2.